The molecule has 0 radical (unpaired) electrons. The molecule has 4 aromatic rings. The summed E-state index contributed by atoms with van der Waals surface area (Å²) in [5, 5.41) is 12.0. The molecule has 5 heterocycles. The molecule has 4 aromatic heterocycles. The Kier molecular flexibility index (Phi) is 9.50. The summed E-state index contributed by atoms with van der Waals surface area (Å²) in [6.07, 6.45) is -1.90. The molecule has 1 aliphatic heterocycles. The number of aromatic nitrogens is 5. The second-order valence-corrected chi connectivity index (χ2v) is 12.3. The molecule has 14 nitrogen and oxygen atoms in total. The maximum absolute atomic E-state index is 13.6. The van der Waals surface area contributed by atoms with Gasteiger partial charge in [0.15, 0.2) is 5.69 Å². The molecule has 0 aliphatic carbocycles. The van der Waals surface area contributed by atoms with E-state index in [9.17, 15) is 27.6 Å². The average molecular weight is 677 g/mol. The molecule has 47 heavy (non-hydrogen) atoms. The maximum atomic E-state index is 13.6. The van der Waals surface area contributed by atoms with Crippen molar-refractivity contribution in [2.45, 2.75) is 58.4 Å². The Bertz CT molecular complexity index is 1810. The van der Waals surface area contributed by atoms with Gasteiger partial charge in [-0.05, 0) is 39.8 Å². The molecule has 0 unspecified atom stereocenters. The zero-order chi connectivity index (χ0) is 33.9. The van der Waals surface area contributed by atoms with Crippen molar-refractivity contribution in [2.75, 3.05) is 25.0 Å². The lowest BCUT2D eigenvalue weighted by atomic mass is 10.0. The summed E-state index contributed by atoms with van der Waals surface area (Å²) in [5.41, 5.74) is -0.735. The standard InChI is InChI=1S/C29H31F3N8O6S/c1-5-33-25(41)37-21-11-18(24-36-20(14-47-24)29(30,31)32)19(13-34-21)17-10-15(22-38-39-26(42)45-22)12-35-23(17)44-16-6-8-40(9-7-16)27(43)46-28(2,3)4/h10-14,16H,5-9H2,1-4H3,(H,39,42)(H2,33,34,37,41). The van der Waals surface area contributed by atoms with Gasteiger partial charge in [-0.15, -0.1) is 16.4 Å². The van der Waals surface area contributed by atoms with E-state index in [2.05, 4.69) is 35.8 Å². The third-order valence-corrected chi connectivity index (χ3v) is 7.58. The second-order valence-electron chi connectivity index (χ2n) is 11.4. The zero-order valence-electron chi connectivity index (χ0n) is 25.7. The van der Waals surface area contributed by atoms with Gasteiger partial charge in [0.1, 0.15) is 22.5 Å². The number of rotatable bonds is 7. The maximum Gasteiger partial charge on any atom is 0.434 e. The molecule has 250 valence electrons. The van der Waals surface area contributed by atoms with Crippen molar-refractivity contribution >= 4 is 29.3 Å². The SMILES string of the molecule is CCNC(=O)Nc1cc(-c2nc(C(F)(F)F)cs2)c(-c2cc(-c3n[nH]c(=O)o3)cnc2OC2CCN(C(=O)OC(C)(C)C)CC2)cn1. The molecule has 0 saturated carbocycles. The lowest BCUT2D eigenvalue weighted by Crippen LogP contribution is -2.44. The lowest BCUT2D eigenvalue weighted by Gasteiger charge is -2.33. The molecule has 3 amide bonds. The molecule has 0 spiro atoms. The fraction of sp³-hybridized carbons (Fsp3) is 0.414. The van der Waals surface area contributed by atoms with E-state index in [0.29, 0.717) is 32.5 Å². The van der Waals surface area contributed by atoms with Crippen molar-refractivity contribution in [2.24, 2.45) is 0 Å². The Hall–Kier alpha value is -5.00. The summed E-state index contributed by atoms with van der Waals surface area (Å²) in [7, 11) is 0. The van der Waals surface area contributed by atoms with Gasteiger partial charge in [0.25, 0.3) is 5.89 Å². The first kappa shape index (κ1) is 33.4. The molecule has 5 rings (SSSR count). The van der Waals surface area contributed by atoms with Gasteiger partial charge in [0.05, 0.1) is 5.56 Å². The van der Waals surface area contributed by atoms with Crippen LogP contribution in [0, 0.1) is 0 Å². The van der Waals surface area contributed by atoms with E-state index in [1.807, 2.05) is 0 Å². The van der Waals surface area contributed by atoms with Gasteiger partial charge < -0.3 is 24.1 Å². The normalized spacial score (nSPS) is 14.1. The number of hydrogen-bond acceptors (Lipinski definition) is 11. The number of carbonyl (C=O) groups excluding carboxylic acids is 2. The van der Waals surface area contributed by atoms with Crippen LogP contribution in [0.2, 0.25) is 0 Å². The number of pyridine rings is 2. The minimum absolute atomic E-state index is 0.0120. The highest BCUT2D eigenvalue weighted by atomic mass is 32.1. The number of alkyl halides is 3. The number of anilines is 1. The Labute approximate surface area is 269 Å². The van der Waals surface area contributed by atoms with Gasteiger partial charge >= 0.3 is 24.1 Å². The first-order valence-electron chi connectivity index (χ1n) is 14.5. The fourth-order valence-electron chi connectivity index (χ4n) is 4.61. The van der Waals surface area contributed by atoms with E-state index in [4.69, 9.17) is 13.9 Å². The van der Waals surface area contributed by atoms with Crippen LogP contribution >= 0.6 is 11.3 Å². The number of likely N-dealkylation sites (tertiary alicyclic amines) is 1. The van der Waals surface area contributed by atoms with E-state index >= 15 is 0 Å². The highest BCUT2D eigenvalue weighted by molar-refractivity contribution is 7.13. The van der Waals surface area contributed by atoms with Crippen LogP contribution in [0.3, 0.4) is 0 Å². The van der Waals surface area contributed by atoms with Crippen molar-refractivity contribution in [3.8, 4) is 39.0 Å². The van der Waals surface area contributed by atoms with Crippen LogP contribution in [0.1, 0.15) is 46.2 Å². The van der Waals surface area contributed by atoms with E-state index in [0.717, 1.165) is 16.7 Å². The number of halogens is 3. The summed E-state index contributed by atoms with van der Waals surface area (Å²) < 4.78 is 57.6. The molecular weight excluding hydrogens is 645 g/mol. The van der Waals surface area contributed by atoms with Crippen molar-refractivity contribution in [1.82, 2.24) is 35.4 Å². The quantitative estimate of drug-likeness (QED) is 0.225. The van der Waals surface area contributed by atoms with Crippen molar-refractivity contribution < 1.29 is 36.7 Å². The van der Waals surface area contributed by atoms with E-state index in [1.165, 1.54) is 18.5 Å². The van der Waals surface area contributed by atoms with E-state index < -0.39 is 35.4 Å². The Morgan fingerprint density at radius 1 is 1.11 bits per heavy atom. The topological polar surface area (TPSA) is 177 Å². The number of ether oxygens (including phenoxy) is 2. The minimum Gasteiger partial charge on any atom is -0.474 e. The Morgan fingerprint density at radius 2 is 1.85 bits per heavy atom. The number of nitrogens with zero attached hydrogens (tertiary/aromatic N) is 5. The van der Waals surface area contributed by atoms with Crippen molar-refractivity contribution in [1.29, 1.82) is 0 Å². The third-order valence-electron chi connectivity index (χ3n) is 6.71. The molecule has 1 fully saturated rings. The highest BCUT2D eigenvalue weighted by Crippen LogP contribution is 2.42. The van der Waals surface area contributed by atoms with Gasteiger partial charge in [0.2, 0.25) is 5.88 Å². The second kappa shape index (κ2) is 13.4. The van der Waals surface area contributed by atoms with Crippen molar-refractivity contribution in [3.05, 3.63) is 46.2 Å². The van der Waals surface area contributed by atoms with Gasteiger partial charge in [-0.1, -0.05) is 0 Å². The zero-order valence-corrected chi connectivity index (χ0v) is 26.5. The number of urea groups is 1. The number of aromatic amines is 1. The third kappa shape index (κ3) is 8.24. The van der Waals surface area contributed by atoms with Crippen LogP contribution in [0.5, 0.6) is 5.88 Å². The first-order valence-corrected chi connectivity index (χ1v) is 15.4. The molecule has 0 atom stereocenters. The van der Waals surface area contributed by atoms with Gasteiger partial charge in [-0.2, -0.15) is 13.2 Å². The summed E-state index contributed by atoms with van der Waals surface area (Å²) >= 11 is 0.753. The van der Waals surface area contributed by atoms with Gasteiger partial charge in [-0.25, -0.2) is 34.4 Å². The predicted octanol–water partition coefficient (Wildman–Crippen LogP) is 5.55. The molecule has 1 saturated heterocycles. The number of nitrogens with one attached hydrogen (secondary N) is 3. The minimum atomic E-state index is -4.69. The van der Waals surface area contributed by atoms with Crippen molar-refractivity contribution in [3.63, 3.8) is 0 Å². The largest absolute Gasteiger partial charge is 0.474 e. The van der Waals surface area contributed by atoms with Crippen LogP contribution in [0.25, 0.3) is 33.2 Å². The average Bonchev–Trinajstić information content (AvgIpc) is 3.67. The van der Waals surface area contributed by atoms with Crippen LogP contribution < -0.4 is 21.1 Å². The number of H-pyrrole nitrogens is 1. The van der Waals surface area contributed by atoms with Gasteiger partial charge in [0, 0.05) is 66.9 Å². The number of thiazole rings is 1. The summed E-state index contributed by atoms with van der Waals surface area (Å²) in [6.45, 7) is 8.13. The highest BCUT2D eigenvalue weighted by Gasteiger charge is 2.34. The molecule has 18 heteroatoms. The number of hydrogen-bond donors (Lipinski definition) is 3. The number of piperidine rings is 1. The summed E-state index contributed by atoms with van der Waals surface area (Å²) in [6, 6.07) is 2.38. The van der Waals surface area contributed by atoms with E-state index in [-0.39, 0.29) is 51.0 Å². The summed E-state index contributed by atoms with van der Waals surface area (Å²) in [5.74, 6) is -0.733. The van der Waals surface area contributed by atoms with E-state index in [1.54, 1.807) is 38.7 Å². The monoisotopic (exact) mass is 676 g/mol. The lowest BCUT2D eigenvalue weighted by molar-refractivity contribution is -0.140. The molecule has 1 aliphatic rings. The molecule has 3 N–H and O–H groups in total. The number of amides is 3. The molecule has 0 bridgehead atoms. The molecule has 0 aromatic carbocycles. The smallest absolute Gasteiger partial charge is 0.434 e. The Morgan fingerprint density at radius 3 is 2.47 bits per heavy atom. The van der Waals surface area contributed by atoms with Crippen LogP contribution in [0.4, 0.5) is 28.6 Å². The fourth-order valence-corrected chi connectivity index (χ4v) is 5.47. The van der Waals surface area contributed by atoms with Crippen LogP contribution in [-0.2, 0) is 10.9 Å². The van der Waals surface area contributed by atoms with Crippen LogP contribution in [0.15, 0.2) is 39.1 Å². The van der Waals surface area contributed by atoms with Gasteiger partial charge in [-0.3, -0.25) is 5.32 Å². The Balaban J connectivity index is 1.54. The van der Waals surface area contributed by atoms with Crippen LogP contribution in [-0.4, -0.2) is 73.5 Å². The number of carbonyl (C=O) groups is 2. The molecular formula is C29H31F3N8O6S. The first-order chi connectivity index (χ1) is 22.2. The predicted molar refractivity (Wildman–Crippen MR) is 164 cm³/mol. The summed E-state index contributed by atoms with van der Waals surface area (Å²) in [4.78, 5) is 50.7.